The Morgan fingerprint density at radius 2 is 2.06 bits per heavy atom. The van der Waals surface area contributed by atoms with Gasteiger partial charge in [-0.05, 0) is 37.0 Å². The van der Waals surface area contributed by atoms with Crippen molar-refractivity contribution in [2.75, 3.05) is 6.61 Å². The third kappa shape index (κ3) is 3.79. The predicted molar refractivity (Wildman–Crippen MR) is 110 cm³/mol. The van der Waals surface area contributed by atoms with Gasteiger partial charge in [0.2, 0.25) is 0 Å². The molecule has 2 aliphatic rings. The molecular formula is C22H20FN5O4. The number of hydrogen-bond donors (Lipinski definition) is 2. The fourth-order valence-electron chi connectivity index (χ4n) is 3.74. The number of nitrogens with zero attached hydrogens (tertiary/aromatic N) is 3. The van der Waals surface area contributed by atoms with E-state index in [1.165, 1.54) is 6.07 Å². The Morgan fingerprint density at radius 1 is 1.22 bits per heavy atom. The summed E-state index contributed by atoms with van der Waals surface area (Å²) in [6.45, 7) is 0.234. The summed E-state index contributed by atoms with van der Waals surface area (Å²) in [7, 11) is 0. The van der Waals surface area contributed by atoms with E-state index in [1.807, 2.05) is 0 Å². The molecule has 10 heteroatoms. The molecule has 5 rings (SSSR count). The van der Waals surface area contributed by atoms with E-state index in [2.05, 4.69) is 20.7 Å². The van der Waals surface area contributed by atoms with Crippen molar-refractivity contribution in [3.05, 3.63) is 58.8 Å². The molecule has 0 atom stereocenters. The van der Waals surface area contributed by atoms with Crippen LogP contribution in [0.25, 0.3) is 5.65 Å². The van der Waals surface area contributed by atoms with Gasteiger partial charge in [0.25, 0.3) is 11.8 Å². The van der Waals surface area contributed by atoms with E-state index in [9.17, 15) is 18.8 Å². The van der Waals surface area contributed by atoms with Crippen molar-refractivity contribution in [2.24, 2.45) is 0 Å². The highest BCUT2D eigenvalue weighted by atomic mass is 19.1. The van der Waals surface area contributed by atoms with E-state index < -0.39 is 17.6 Å². The molecule has 0 spiro atoms. The zero-order valence-electron chi connectivity index (χ0n) is 17.1. The summed E-state index contributed by atoms with van der Waals surface area (Å²) >= 11 is 0. The highest BCUT2D eigenvalue weighted by Gasteiger charge is 2.24. The van der Waals surface area contributed by atoms with Gasteiger partial charge in [-0.2, -0.15) is 5.10 Å². The maximum Gasteiger partial charge on any atom is 0.270 e. The quantitative estimate of drug-likeness (QED) is 0.627. The van der Waals surface area contributed by atoms with E-state index in [-0.39, 0.29) is 48.4 Å². The molecule has 2 amide bonds. The minimum Gasteiger partial charge on any atom is -0.486 e. The number of aromatic nitrogens is 3. The smallest absolute Gasteiger partial charge is 0.270 e. The number of carbonyl (C=O) groups is 3. The minimum atomic E-state index is -0.725. The maximum atomic E-state index is 14.2. The van der Waals surface area contributed by atoms with E-state index in [4.69, 9.17) is 4.74 Å². The van der Waals surface area contributed by atoms with Gasteiger partial charge in [-0.15, -0.1) is 0 Å². The summed E-state index contributed by atoms with van der Waals surface area (Å²) in [5.41, 5.74) is 1.30. The first-order valence-electron chi connectivity index (χ1n) is 10.4. The Kier molecular flexibility index (Phi) is 5.04. The summed E-state index contributed by atoms with van der Waals surface area (Å²) < 4.78 is 20.6. The van der Waals surface area contributed by atoms with Crippen LogP contribution >= 0.6 is 0 Å². The Hall–Kier alpha value is -3.82. The molecule has 1 aromatic carbocycles. The predicted octanol–water partition coefficient (Wildman–Crippen LogP) is 1.58. The van der Waals surface area contributed by atoms with Crippen LogP contribution in [-0.2, 0) is 17.8 Å². The summed E-state index contributed by atoms with van der Waals surface area (Å²) in [6.07, 6.45) is 4.07. The maximum absolute atomic E-state index is 14.2. The number of amides is 2. The van der Waals surface area contributed by atoms with Crippen molar-refractivity contribution in [3.63, 3.8) is 0 Å². The molecule has 1 fully saturated rings. The number of nitrogens with one attached hydrogen (secondary N) is 2. The molecule has 0 unspecified atom stereocenters. The first kappa shape index (κ1) is 20.1. The molecule has 1 aliphatic carbocycles. The third-order valence-electron chi connectivity index (χ3n) is 5.69. The lowest BCUT2D eigenvalue weighted by Gasteiger charge is -2.26. The van der Waals surface area contributed by atoms with Crippen LogP contribution in [0.2, 0.25) is 0 Å². The molecule has 3 heterocycles. The molecule has 0 radical (unpaired) electrons. The van der Waals surface area contributed by atoms with Gasteiger partial charge in [-0.3, -0.25) is 14.4 Å². The van der Waals surface area contributed by atoms with Gasteiger partial charge >= 0.3 is 0 Å². The second kappa shape index (κ2) is 8.03. The number of benzene rings is 1. The standard InChI is InChI=1S/C22H20FN5O4/c23-16-10-25-28-18(22(31)26-14-2-1-3-14)8-17(27-20(16)28)21(30)24-9-12-4-5-19-13(6-12)7-15(29)11-32-19/h4-6,8,10,14H,1-3,7,9,11H2,(H,24,30)(H,26,31). The summed E-state index contributed by atoms with van der Waals surface area (Å²) in [6, 6.07) is 6.74. The van der Waals surface area contributed by atoms with Gasteiger partial charge in [-0.1, -0.05) is 6.07 Å². The number of Topliss-reactive ketones (excluding diaryl/α,β-unsaturated/α-hetero) is 1. The molecule has 3 aromatic rings. The lowest BCUT2D eigenvalue weighted by Crippen LogP contribution is -2.40. The van der Waals surface area contributed by atoms with Gasteiger partial charge in [0.15, 0.2) is 17.2 Å². The zero-order valence-corrected chi connectivity index (χ0v) is 17.1. The average molecular weight is 437 g/mol. The number of carbonyl (C=O) groups excluding carboxylic acids is 3. The second-order valence-electron chi connectivity index (χ2n) is 7.98. The Morgan fingerprint density at radius 3 is 2.84 bits per heavy atom. The molecule has 2 N–H and O–H groups in total. The van der Waals surface area contributed by atoms with Gasteiger partial charge in [-0.25, -0.2) is 13.9 Å². The van der Waals surface area contributed by atoms with Gasteiger partial charge in [0.1, 0.15) is 23.7 Å². The molecule has 9 nitrogen and oxygen atoms in total. The number of ketones is 1. The topological polar surface area (TPSA) is 115 Å². The van der Waals surface area contributed by atoms with E-state index in [1.54, 1.807) is 18.2 Å². The van der Waals surface area contributed by atoms with E-state index >= 15 is 0 Å². The molecule has 164 valence electrons. The lowest BCUT2D eigenvalue weighted by atomic mass is 9.93. The van der Waals surface area contributed by atoms with Crippen LogP contribution in [0.4, 0.5) is 4.39 Å². The van der Waals surface area contributed by atoms with Crippen molar-refractivity contribution in [2.45, 2.75) is 38.3 Å². The molecule has 1 saturated carbocycles. The molecule has 1 aliphatic heterocycles. The number of halogens is 1. The first-order valence-corrected chi connectivity index (χ1v) is 10.4. The van der Waals surface area contributed by atoms with Crippen molar-refractivity contribution >= 4 is 23.2 Å². The van der Waals surface area contributed by atoms with E-state index in [0.717, 1.165) is 41.1 Å². The fraction of sp³-hybridized carbons (Fsp3) is 0.318. The summed E-state index contributed by atoms with van der Waals surface area (Å²) in [5, 5.41) is 9.48. The van der Waals surface area contributed by atoms with Crippen LogP contribution in [0.15, 0.2) is 30.5 Å². The number of ether oxygens (including phenoxy) is 1. The molecule has 2 aromatic heterocycles. The van der Waals surface area contributed by atoms with Crippen LogP contribution in [-0.4, -0.2) is 44.8 Å². The first-order chi connectivity index (χ1) is 15.5. The van der Waals surface area contributed by atoms with Gasteiger partial charge in [0, 0.05) is 30.6 Å². The average Bonchev–Trinajstić information content (AvgIpc) is 3.14. The van der Waals surface area contributed by atoms with Crippen LogP contribution in [0.1, 0.15) is 51.4 Å². The number of rotatable bonds is 5. The number of fused-ring (bicyclic) bond motifs is 2. The van der Waals surface area contributed by atoms with Crippen LogP contribution in [0.3, 0.4) is 0 Å². The molecule has 0 saturated heterocycles. The van der Waals surface area contributed by atoms with Gasteiger partial charge < -0.3 is 15.4 Å². The SMILES string of the molecule is O=C1COc2ccc(CNC(=O)c3cc(C(=O)NC4CCC4)n4ncc(F)c4n3)cc2C1. The zero-order chi connectivity index (χ0) is 22.2. The van der Waals surface area contributed by atoms with Crippen molar-refractivity contribution in [1.82, 2.24) is 25.2 Å². The highest BCUT2D eigenvalue weighted by Crippen LogP contribution is 2.24. The fourth-order valence-corrected chi connectivity index (χ4v) is 3.74. The van der Waals surface area contributed by atoms with Gasteiger partial charge in [0.05, 0.1) is 6.20 Å². The summed E-state index contributed by atoms with van der Waals surface area (Å²) in [5.74, 6) is -1.07. The molecule has 0 bridgehead atoms. The Balaban J connectivity index is 1.36. The van der Waals surface area contributed by atoms with Crippen molar-refractivity contribution in [1.29, 1.82) is 0 Å². The van der Waals surface area contributed by atoms with Crippen LogP contribution in [0.5, 0.6) is 5.75 Å². The lowest BCUT2D eigenvalue weighted by molar-refractivity contribution is -0.121. The Bertz CT molecular complexity index is 1250. The Labute approximate surface area is 182 Å². The second-order valence-corrected chi connectivity index (χ2v) is 7.98. The third-order valence-corrected chi connectivity index (χ3v) is 5.69. The number of hydrogen-bond acceptors (Lipinski definition) is 6. The van der Waals surface area contributed by atoms with Crippen LogP contribution in [0, 0.1) is 5.82 Å². The van der Waals surface area contributed by atoms with E-state index in [0.29, 0.717) is 5.75 Å². The highest BCUT2D eigenvalue weighted by molar-refractivity contribution is 5.98. The molecule has 32 heavy (non-hydrogen) atoms. The molecular weight excluding hydrogens is 417 g/mol. The van der Waals surface area contributed by atoms with Crippen LogP contribution < -0.4 is 15.4 Å². The van der Waals surface area contributed by atoms with Crippen molar-refractivity contribution < 1.29 is 23.5 Å². The largest absolute Gasteiger partial charge is 0.486 e. The minimum absolute atomic E-state index is 0.00766. The summed E-state index contributed by atoms with van der Waals surface area (Å²) in [4.78, 5) is 41.1. The monoisotopic (exact) mass is 437 g/mol. The normalized spacial score (nSPS) is 15.6. The van der Waals surface area contributed by atoms with Crippen molar-refractivity contribution in [3.8, 4) is 5.75 Å².